The van der Waals surface area contributed by atoms with Crippen molar-refractivity contribution in [1.29, 1.82) is 0 Å². The second-order valence-electron chi connectivity index (χ2n) is 3.80. The van der Waals surface area contributed by atoms with Crippen LogP contribution in [0.2, 0.25) is 0 Å². The van der Waals surface area contributed by atoms with Crippen LogP contribution >= 0.6 is 12.2 Å². The number of nitrogens with two attached hydrogens (primary N) is 1. The summed E-state index contributed by atoms with van der Waals surface area (Å²) in [6.45, 7) is 0.641. The fourth-order valence-corrected chi connectivity index (χ4v) is 1.80. The average molecular weight is 278 g/mol. The van der Waals surface area contributed by atoms with Crippen LogP contribution in [0, 0.1) is 0 Å². The van der Waals surface area contributed by atoms with E-state index in [4.69, 9.17) is 22.7 Å². The molecule has 1 heterocycles. The molecule has 0 aliphatic carbocycles. The van der Waals surface area contributed by atoms with Crippen molar-refractivity contribution >= 4 is 22.9 Å². The topological polar surface area (TPSA) is 86.2 Å². The van der Waals surface area contributed by atoms with E-state index in [1.165, 1.54) is 6.39 Å². The van der Waals surface area contributed by atoms with Gasteiger partial charge in [-0.15, -0.1) is 0 Å². The Morgan fingerprint density at radius 2 is 2.37 bits per heavy atom. The van der Waals surface area contributed by atoms with E-state index in [-0.39, 0.29) is 0 Å². The predicted molar refractivity (Wildman–Crippen MR) is 75.4 cm³/mol. The SMILES string of the molecule is COc1ccc(C(N)=S)c(NCCc2ncon2)c1. The van der Waals surface area contributed by atoms with E-state index in [1.807, 2.05) is 18.2 Å². The molecule has 2 rings (SSSR count). The highest BCUT2D eigenvalue weighted by molar-refractivity contribution is 7.80. The average Bonchev–Trinajstić information content (AvgIpc) is 2.91. The molecule has 0 atom stereocenters. The molecular formula is C12H14N4O2S. The molecule has 0 aliphatic heterocycles. The first kappa shape index (κ1) is 13.3. The normalized spacial score (nSPS) is 10.2. The molecule has 0 saturated carbocycles. The Morgan fingerprint density at radius 1 is 1.53 bits per heavy atom. The van der Waals surface area contributed by atoms with E-state index in [1.54, 1.807) is 7.11 Å². The van der Waals surface area contributed by atoms with Gasteiger partial charge in [0.05, 0.1) is 7.11 Å². The fraction of sp³-hybridized carbons (Fsp3) is 0.250. The van der Waals surface area contributed by atoms with Crippen molar-refractivity contribution in [1.82, 2.24) is 10.1 Å². The highest BCUT2D eigenvalue weighted by Crippen LogP contribution is 2.22. The molecule has 19 heavy (non-hydrogen) atoms. The van der Waals surface area contributed by atoms with Crippen LogP contribution in [-0.4, -0.2) is 28.8 Å². The molecule has 0 unspecified atom stereocenters. The van der Waals surface area contributed by atoms with Crippen molar-refractivity contribution in [3.8, 4) is 5.75 Å². The summed E-state index contributed by atoms with van der Waals surface area (Å²) in [6.07, 6.45) is 1.95. The van der Waals surface area contributed by atoms with Crippen molar-refractivity contribution < 1.29 is 9.26 Å². The number of thiocarbonyl (C=S) groups is 1. The lowest BCUT2D eigenvalue weighted by Crippen LogP contribution is -2.15. The van der Waals surface area contributed by atoms with E-state index in [0.29, 0.717) is 23.8 Å². The number of hydrogen-bond donors (Lipinski definition) is 2. The smallest absolute Gasteiger partial charge is 0.213 e. The van der Waals surface area contributed by atoms with Gasteiger partial charge in [-0.1, -0.05) is 17.4 Å². The number of nitrogens with one attached hydrogen (secondary N) is 1. The maximum absolute atomic E-state index is 5.68. The van der Waals surface area contributed by atoms with Crippen LogP contribution in [0.4, 0.5) is 5.69 Å². The molecule has 0 bridgehead atoms. The molecule has 100 valence electrons. The number of methoxy groups -OCH3 is 1. The molecule has 1 aromatic carbocycles. The van der Waals surface area contributed by atoms with Gasteiger partial charge in [0.2, 0.25) is 6.39 Å². The van der Waals surface area contributed by atoms with Gasteiger partial charge in [-0.25, -0.2) is 0 Å². The monoisotopic (exact) mass is 278 g/mol. The number of benzene rings is 1. The molecule has 0 radical (unpaired) electrons. The summed E-state index contributed by atoms with van der Waals surface area (Å²) in [5.74, 6) is 1.38. The molecule has 7 heteroatoms. The number of aromatic nitrogens is 2. The lowest BCUT2D eigenvalue weighted by Gasteiger charge is -2.12. The van der Waals surface area contributed by atoms with E-state index in [9.17, 15) is 0 Å². The first-order valence-electron chi connectivity index (χ1n) is 5.67. The minimum atomic E-state index is 0.338. The van der Waals surface area contributed by atoms with Crippen LogP contribution in [0.3, 0.4) is 0 Å². The molecule has 2 aromatic rings. The Morgan fingerprint density at radius 3 is 3.00 bits per heavy atom. The second-order valence-corrected chi connectivity index (χ2v) is 4.24. The van der Waals surface area contributed by atoms with Crippen LogP contribution in [0.1, 0.15) is 11.4 Å². The number of ether oxygens (including phenoxy) is 1. The molecule has 3 N–H and O–H groups in total. The molecule has 0 saturated heterocycles. The number of nitrogens with zero attached hydrogens (tertiary/aromatic N) is 2. The highest BCUT2D eigenvalue weighted by atomic mass is 32.1. The second kappa shape index (κ2) is 6.14. The Balaban J connectivity index is 2.06. The molecular weight excluding hydrogens is 264 g/mol. The predicted octanol–water partition coefficient (Wildman–Crippen LogP) is 1.37. The molecule has 0 aliphatic rings. The zero-order chi connectivity index (χ0) is 13.7. The molecule has 0 spiro atoms. The van der Waals surface area contributed by atoms with Crippen LogP contribution in [0.15, 0.2) is 29.1 Å². The third-order valence-corrected chi connectivity index (χ3v) is 2.78. The Bertz CT molecular complexity index is 557. The molecule has 6 nitrogen and oxygen atoms in total. The van der Waals surface area contributed by atoms with Gasteiger partial charge in [0.25, 0.3) is 0 Å². The van der Waals surface area contributed by atoms with Crippen LogP contribution < -0.4 is 15.8 Å². The van der Waals surface area contributed by atoms with Gasteiger partial charge in [0.15, 0.2) is 5.82 Å². The summed E-state index contributed by atoms with van der Waals surface area (Å²) in [5, 5.41) is 6.98. The van der Waals surface area contributed by atoms with Gasteiger partial charge in [0.1, 0.15) is 10.7 Å². The number of anilines is 1. The Kier molecular flexibility index (Phi) is 4.30. The van der Waals surface area contributed by atoms with E-state index >= 15 is 0 Å². The molecule has 0 amide bonds. The first-order valence-corrected chi connectivity index (χ1v) is 6.08. The zero-order valence-corrected chi connectivity index (χ0v) is 11.2. The van der Waals surface area contributed by atoms with Gasteiger partial charge in [-0.2, -0.15) is 4.98 Å². The minimum absolute atomic E-state index is 0.338. The number of hydrogen-bond acceptors (Lipinski definition) is 6. The number of rotatable bonds is 6. The zero-order valence-electron chi connectivity index (χ0n) is 10.4. The Hall–Kier alpha value is -2.15. The standard InChI is InChI=1S/C12H14N4O2S/c1-17-8-2-3-9(12(13)19)10(6-8)14-5-4-11-15-7-18-16-11/h2-3,6-7,14H,4-5H2,1H3,(H2,13,19). The van der Waals surface area contributed by atoms with Crippen molar-refractivity contribution in [3.05, 3.63) is 36.0 Å². The van der Waals surface area contributed by atoms with Gasteiger partial charge in [-0.3, -0.25) is 0 Å². The fourth-order valence-electron chi connectivity index (χ4n) is 1.62. The third-order valence-electron chi connectivity index (χ3n) is 2.56. The summed E-state index contributed by atoms with van der Waals surface area (Å²) in [4.78, 5) is 4.28. The maximum Gasteiger partial charge on any atom is 0.213 e. The Labute approximate surface area is 115 Å². The minimum Gasteiger partial charge on any atom is -0.497 e. The van der Waals surface area contributed by atoms with Crippen molar-refractivity contribution in [2.75, 3.05) is 19.0 Å². The summed E-state index contributed by atoms with van der Waals surface area (Å²) in [7, 11) is 1.61. The van der Waals surface area contributed by atoms with Crippen LogP contribution in [-0.2, 0) is 6.42 Å². The first-order chi connectivity index (χ1) is 9.20. The maximum atomic E-state index is 5.68. The van der Waals surface area contributed by atoms with Gasteiger partial charge in [-0.05, 0) is 12.1 Å². The molecule has 1 aromatic heterocycles. The largest absolute Gasteiger partial charge is 0.497 e. The van der Waals surface area contributed by atoms with Gasteiger partial charge < -0.3 is 20.3 Å². The third kappa shape index (κ3) is 3.41. The lowest BCUT2D eigenvalue weighted by atomic mass is 10.1. The van der Waals surface area contributed by atoms with Crippen LogP contribution in [0.5, 0.6) is 5.75 Å². The summed E-state index contributed by atoms with van der Waals surface area (Å²) in [5.41, 5.74) is 7.29. The lowest BCUT2D eigenvalue weighted by molar-refractivity contribution is 0.410. The highest BCUT2D eigenvalue weighted by Gasteiger charge is 2.07. The summed E-state index contributed by atoms with van der Waals surface area (Å²) in [6, 6.07) is 5.50. The summed E-state index contributed by atoms with van der Waals surface area (Å²) < 4.78 is 9.84. The van der Waals surface area contributed by atoms with E-state index < -0.39 is 0 Å². The summed E-state index contributed by atoms with van der Waals surface area (Å²) >= 11 is 5.02. The van der Waals surface area contributed by atoms with Crippen molar-refractivity contribution in [2.45, 2.75) is 6.42 Å². The van der Waals surface area contributed by atoms with E-state index in [0.717, 1.165) is 17.0 Å². The van der Waals surface area contributed by atoms with Crippen LogP contribution in [0.25, 0.3) is 0 Å². The van der Waals surface area contributed by atoms with Gasteiger partial charge >= 0.3 is 0 Å². The quantitative estimate of drug-likeness (QED) is 0.772. The molecule has 0 fully saturated rings. The van der Waals surface area contributed by atoms with Gasteiger partial charge in [0, 0.05) is 30.3 Å². The van der Waals surface area contributed by atoms with Crippen molar-refractivity contribution in [2.24, 2.45) is 5.73 Å². The van der Waals surface area contributed by atoms with E-state index in [2.05, 4.69) is 20.0 Å². The van der Waals surface area contributed by atoms with Crippen molar-refractivity contribution in [3.63, 3.8) is 0 Å².